The molecule has 0 aliphatic rings. The maximum absolute atomic E-state index is 12.6. The number of aromatic nitrogens is 2. The number of carbonyl (C=O) groups is 1. The molecule has 1 heterocycles. The number of nitrogens with zero attached hydrogens (tertiary/aromatic N) is 3. The minimum absolute atomic E-state index is 0.147. The quantitative estimate of drug-likeness (QED) is 0.927. The summed E-state index contributed by atoms with van der Waals surface area (Å²) in [5, 5.41) is 14.7. The molecule has 1 N–H and O–H groups in total. The van der Waals surface area contributed by atoms with Crippen molar-refractivity contribution in [2.75, 3.05) is 13.6 Å². The van der Waals surface area contributed by atoms with Gasteiger partial charge in [-0.1, -0.05) is 18.2 Å². The summed E-state index contributed by atoms with van der Waals surface area (Å²) in [4.78, 5) is 26.5. The van der Waals surface area contributed by atoms with E-state index in [9.17, 15) is 14.7 Å². The third-order valence-corrected chi connectivity index (χ3v) is 3.40. The molecule has 6 nitrogen and oxygen atoms in total. The van der Waals surface area contributed by atoms with Gasteiger partial charge in [0.15, 0.2) is 5.69 Å². The SMILES string of the molecule is CC(O)CN(C)C(=O)c1nn(C(C)C)c(=O)c2ccccc12. The molecule has 22 heavy (non-hydrogen) atoms. The smallest absolute Gasteiger partial charge is 0.274 e. The van der Waals surface area contributed by atoms with E-state index < -0.39 is 6.10 Å². The number of fused-ring (bicyclic) bond motifs is 1. The Morgan fingerprint density at radius 2 is 1.86 bits per heavy atom. The van der Waals surface area contributed by atoms with E-state index in [0.717, 1.165) is 0 Å². The number of rotatable bonds is 4. The third kappa shape index (κ3) is 3.01. The van der Waals surface area contributed by atoms with Crippen molar-refractivity contribution in [3.8, 4) is 0 Å². The Labute approximate surface area is 129 Å². The fraction of sp³-hybridized carbons (Fsp3) is 0.438. The summed E-state index contributed by atoms with van der Waals surface area (Å²) < 4.78 is 1.33. The molecule has 0 saturated carbocycles. The number of benzene rings is 1. The largest absolute Gasteiger partial charge is 0.392 e. The van der Waals surface area contributed by atoms with Gasteiger partial charge in [-0.25, -0.2) is 4.68 Å². The molecule has 118 valence electrons. The average Bonchev–Trinajstić information content (AvgIpc) is 2.46. The fourth-order valence-electron chi connectivity index (χ4n) is 2.37. The number of aliphatic hydroxyl groups excluding tert-OH is 1. The van der Waals surface area contributed by atoms with Crippen molar-refractivity contribution in [3.63, 3.8) is 0 Å². The Hall–Kier alpha value is -2.21. The molecule has 0 spiro atoms. The van der Waals surface area contributed by atoms with Crippen LogP contribution in [0.25, 0.3) is 10.8 Å². The lowest BCUT2D eigenvalue weighted by Crippen LogP contribution is -2.36. The average molecular weight is 303 g/mol. The summed E-state index contributed by atoms with van der Waals surface area (Å²) in [5.74, 6) is -0.313. The summed E-state index contributed by atoms with van der Waals surface area (Å²) in [5.41, 5.74) is 0.0207. The van der Waals surface area contributed by atoms with Gasteiger partial charge in [-0.15, -0.1) is 0 Å². The molecule has 2 aromatic rings. The van der Waals surface area contributed by atoms with Crippen molar-refractivity contribution in [2.45, 2.75) is 32.9 Å². The molecule has 2 rings (SSSR count). The van der Waals surface area contributed by atoms with Gasteiger partial charge >= 0.3 is 0 Å². The van der Waals surface area contributed by atoms with Crippen molar-refractivity contribution in [3.05, 3.63) is 40.3 Å². The van der Waals surface area contributed by atoms with Crippen molar-refractivity contribution in [1.29, 1.82) is 0 Å². The number of likely N-dealkylation sites (N-methyl/N-ethyl adjacent to an activating group) is 1. The zero-order chi connectivity index (χ0) is 16.4. The van der Waals surface area contributed by atoms with Gasteiger partial charge in [-0.05, 0) is 26.8 Å². The van der Waals surface area contributed by atoms with Gasteiger partial charge in [0.05, 0.1) is 17.5 Å². The summed E-state index contributed by atoms with van der Waals surface area (Å²) in [6, 6.07) is 6.81. The van der Waals surface area contributed by atoms with Gasteiger partial charge < -0.3 is 10.0 Å². The summed E-state index contributed by atoms with van der Waals surface area (Å²) in [7, 11) is 1.61. The Balaban J connectivity index is 2.65. The Bertz CT molecular complexity index is 750. The lowest BCUT2D eigenvalue weighted by Gasteiger charge is -2.20. The van der Waals surface area contributed by atoms with Crippen LogP contribution in [0.4, 0.5) is 0 Å². The molecule has 0 aliphatic heterocycles. The standard InChI is InChI=1S/C16H21N3O3/c1-10(2)19-15(21)13-8-6-5-7-12(13)14(17-19)16(22)18(4)9-11(3)20/h5-8,10-11,20H,9H2,1-4H3. The van der Waals surface area contributed by atoms with Gasteiger partial charge in [-0.3, -0.25) is 9.59 Å². The number of hydrogen-bond donors (Lipinski definition) is 1. The second-order valence-corrected chi connectivity index (χ2v) is 5.77. The maximum atomic E-state index is 12.6. The van der Waals surface area contributed by atoms with Crippen LogP contribution in [0.2, 0.25) is 0 Å². The van der Waals surface area contributed by atoms with E-state index in [1.165, 1.54) is 9.58 Å². The zero-order valence-corrected chi connectivity index (χ0v) is 13.3. The molecular formula is C16H21N3O3. The second-order valence-electron chi connectivity index (χ2n) is 5.77. The first-order chi connectivity index (χ1) is 10.3. The topological polar surface area (TPSA) is 75.4 Å². The van der Waals surface area contributed by atoms with E-state index in [-0.39, 0.29) is 29.7 Å². The molecule has 0 aliphatic carbocycles. The molecule has 0 fully saturated rings. The Kier molecular flexibility index (Phi) is 4.61. The normalized spacial score (nSPS) is 12.6. The van der Waals surface area contributed by atoms with Gasteiger partial charge in [0.2, 0.25) is 0 Å². The van der Waals surface area contributed by atoms with Gasteiger partial charge in [0.25, 0.3) is 11.5 Å². The highest BCUT2D eigenvalue weighted by atomic mass is 16.3. The zero-order valence-electron chi connectivity index (χ0n) is 13.3. The minimum atomic E-state index is -0.629. The van der Waals surface area contributed by atoms with Crippen LogP contribution < -0.4 is 5.56 Å². The second kappa shape index (κ2) is 6.27. The van der Waals surface area contributed by atoms with E-state index in [1.54, 1.807) is 38.2 Å². The van der Waals surface area contributed by atoms with Crippen molar-refractivity contribution in [1.82, 2.24) is 14.7 Å². The first-order valence-electron chi connectivity index (χ1n) is 7.28. The summed E-state index contributed by atoms with van der Waals surface area (Å²) in [6.45, 7) is 5.51. The van der Waals surface area contributed by atoms with Gasteiger partial charge in [0, 0.05) is 19.0 Å². The summed E-state index contributed by atoms with van der Waals surface area (Å²) >= 11 is 0. The predicted molar refractivity (Wildman–Crippen MR) is 85.0 cm³/mol. The van der Waals surface area contributed by atoms with Crippen LogP contribution in [0.5, 0.6) is 0 Å². The molecule has 1 amide bonds. The minimum Gasteiger partial charge on any atom is -0.392 e. The van der Waals surface area contributed by atoms with Crippen molar-refractivity contribution in [2.24, 2.45) is 0 Å². The van der Waals surface area contributed by atoms with E-state index in [2.05, 4.69) is 5.10 Å². The molecule has 1 aromatic heterocycles. The lowest BCUT2D eigenvalue weighted by atomic mass is 10.1. The van der Waals surface area contributed by atoms with Crippen LogP contribution in [-0.2, 0) is 0 Å². The molecule has 0 radical (unpaired) electrons. The van der Waals surface area contributed by atoms with Crippen LogP contribution in [-0.4, -0.2) is 45.4 Å². The maximum Gasteiger partial charge on any atom is 0.274 e. The first kappa shape index (κ1) is 16.2. The predicted octanol–water partition coefficient (Wildman–Crippen LogP) is 1.43. The van der Waals surface area contributed by atoms with Gasteiger partial charge in [-0.2, -0.15) is 5.10 Å². The van der Waals surface area contributed by atoms with Crippen LogP contribution in [0.15, 0.2) is 29.1 Å². The van der Waals surface area contributed by atoms with E-state index in [1.807, 2.05) is 13.8 Å². The van der Waals surface area contributed by atoms with Crippen LogP contribution in [0.1, 0.15) is 37.3 Å². The van der Waals surface area contributed by atoms with Crippen molar-refractivity contribution < 1.29 is 9.90 Å². The monoisotopic (exact) mass is 303 g/mol. The molecule has 1 unspecified atom stereocenters. The van der Waals surface area contributed by atoms with Crippen molar-refractivity contribution >= 4 is 16.7 Å². The van der Waals surface area contributed by atoms with Gasteiger partial charge in [0.1, 0.15) is 0 Å². The molecule has 1 aromatic carbocycles. The van der Waals surface area contributed by atoms with E-state index in [4.69, 9.17) is 0 Å². The van der Waals surface area contributed by atoms with E-state index in [0.29, 0.717) is 10.8 Å². The molecule has 0 bridgehead atoms. The third-order valence-electron chi connectivity index (χ3n) is 3.40. The first-order valence-corrected chi connectivity index (χ1v) is 7.28. The number of amides is 1. The fourth-order valence-corrected chi connectivity index (χ4v) is 2.37. The van der Waals surface area contributed by atoms with Crippen LogP contribution >= 0.6 is 0 Å². The molecule has 0 saturated heterocycles. The number of carbonyl (C=O) groups excluding carboxylic acids is 1. The highest BCUT2D eigenvalue weighted by molar-refractivity contribution is 6.04. The molecule has 1 atom stereocenters. The van der Waals surface area contributed by atoms with E-state index >= 15 is 0 Å². The molecule has 6 heteroatoms. The number of aliphatic hydroxyl groups is 1. The molecular weight excluding hydrogens is 282 g/mol. The number of hydrogen-bond acceptors (Lipinski definition) is 4. The van der Waals surface area contributed by atoms with Crippen LogP contribution in [0.3, 0.4) is 0 Å². The lowest BCUT2D eigenvalue weighted by molar-refractivity contribution is 0.0697. The Morgan fingerprint density at radius 1 is 1.27 bits per heavy atom. The summed E-state index contributed by atoms with van der Waals surface area (Å²) in [6.07, 6.45) is -0.629. The Morgan fingerprint density at radius 3 is 2.41 bits per heavy atom. The highest BCUT2D eigenvalue weighted by Crippen LogP contribution is 2.16. The highest BCUT2D eigenvalue weighted by Gasteiger charge is 2.21. The van der Waals surface area contributed by atoms with Crippen LogP contribution in [0, 0.1) is 0 Å².